The zero-order valence-electron chi connectivity index (χ0n) is 12.1. The Morgan fingerprint density at radius 2 is 2.20 bits per heavy atom. The first-order valence-electron chi connectivity index (χ1n) is 6.48. The van der Waals surface area contributed by atoms with E-state index in [0.717, 1.165) is 4.88 Å². The summed E-state index contributed by atoms with van der Waals surface area (Å²) in [6.07, 6.45) is 0.118. The van der Waals surface area contributed by atoms with Crippen LogP contribution in [0.15, 0.2) is 17.5 Å². The fourth-order valence-corrected chi connectivity index (χ4v) is 2.58. The lowest BCUT2D eigenvalue weighted by Gasteiger charge is -2.19. The normalized spacial score (nSPS) is 11.6. The number of nitrogens with two attached hydrogens (primary N) is 1. The first-order chi connectivity index (χ1) is 9.33. The molecule has 0 atom stereocenters. The molecule has 20 heavy (non-hydrogen) atoms. The van der Waals surface area contributed by atoms with Crippen molar-refractivity contribution in [2.45, 2.75) is 39.7 Å². The lowest BCUT2D eigenvalue weighted by atomic mass is 10.2. The number of nitrogen functional groups attached to an aromatic ring is 1. The molecule has 2 rings (SSSR count). The summed E-state index contributed by atoms with van der Waals surface area (Å²) < 4.78 is 6.63. The predicted octanol–water partition coefficient (Wildman–Crippen LogP) is 3.54. The number of rotatable bonds is 2. The van der Waals surface area contributed by atoms with Crippen molar-refractivity contribution in [2.75, 3.05) is 5.73 Å². The minimum atomic E-state index is -0.564. The smallest absolute Gasteiger partial charge is 0.435 e. The molecule has 0 spiro atoms. The Morgan fingerprint density at radius 3 is 2.70 bits per heavy atom. The van der Waals surface area contributed by atoms with Gasteiger partial charge in [-0.3, -0.25) is 0 Å². The lowest BCUT2D eigenvalue weighted by Crippen LogP contribution is -2.28. The number of carbonyl (C=O) groups is 1. The van der Waals surface area contributed by atoms with Crippen LogP contribution in [0.3, 0.4) is 0 Å². The number of aromatic nitrogens is 2. The van der Waals surface area contributed by atoms with Crippen molar-refractivity contribution < 1.29 is 9.53 Å². The molecule has 0 saturated carbocycles. The van der Waals surface area contributed by atoms with Gasteiger partial charge in [0.1, 0.15) is 11.3 Å². The molecule has 0 amide bonds. The monoisotopic (exact) mass is 293 g/mol. The van der Waals surface area contributed by atoms with Gasteiger partial charge >= 0.3 is 6.09 Å². The summed E-state index contributed by atoms with van der Waals surface area (Å²) in [5, 5.41) is 6.29. The van der Waals surface area contributed by atoms with Gasteiger partial charge in [-0.05, 0) is 38.6 Å². The van der Waals surface area contributed by atoms with Gasteiger partial charge in [-0.15, -0.1) is 11.3 Å². The van der Waals surface area contributed by atoms with E-state index in [1.807, 2.05) is 45.2 Å². The number of anilines is 1. The van der Waals surface area contributed by atoms with Crippen LogP contribution in [0.5, 0.6) is 0 Å². The van der Waals surface area contributed by atoms with Gasteiger partial charge in [-0.1, -0.05) is 13.0 Å². The van der Waals surface area contributed by atoms with Gasteiger partial charge in [0.05, 0.1) is 16.3 Å². The number of nitrogens with zero attached hydrogens (tertiary/aromatic N) is 2. The standard InChI is InChI=1S/C14H19N3O2S/c1-5-9-11(15)12(10-7-6-8-20-10)16-17(9)13(18)19-14(2,3)4/h6-8H,5,15H2,1-4H3. The Bertz CT molecular complexity index is 609. The predicted molar refractivity (Wildman–Crippen MR) is 81.0 cm³/mol. The molecule has 5 nitrogen and oxygen atoms in total. The van der Waals surface area contributed by atoms with Crippen molar-refractivity contribution in [3.8, 4) is 10.6 Å². The first kappa shape index (κ1) is 14.6. The van der Waals surface area contributed by atoms with E-state index in [4.69, 9.17) is 10.5 Å². The van der Waals surface area contributed by atoms with Crippen LogP contribution in [0.25, 0.3) is 10.6 Å². The van der Waals surface area contributed by atoms with Crippen molar-refractivity contribution in [1.29, 1.82) is 0 Å². The van der Waals surface area contributed by atoms with E-state index in [0.29, 0.717) is 23.5 Å². The second-order valence-electron chi connectivity index (χ2n) is 5.43. The van der Waals surface area contributed by atoms with Crippen LogP contribution in [0.2, 0.25) is 0 Å². The summed E-state index contributed by atoms with van der Waals surface area (Å²) in [7, 11) is 0. The molecule has 0 aromatic carbocycles. The van der Waals surface area contributed by atoms with E-state index in [1.54, 1.807) is 0 Å². The van der Waals surface area contributed by atoms with Crippen LogP contribution in [0, 0.1) is 0 Å². The van der Waals surface area contributed by atoms with Crippen molar-refractivity contribution in [3.05, 3.63) is 23.2 Å². The third-order valence-corrected chi connectivity index (χ3v) is 3.55. The summed E-state index contributed by atoms with van der Waals surface area (Å²) in [6.45, 7) is 7.41. The van der Waals surface area contributed by atoms with Gasteiger partial charge in [0.2, 0.25) is 0 Å². The van der Waals surface area contributed by atoms with Crippen LogP contribution in [-0.2, 0) is 11.2 Å². The highest BCUT2D eigenvalue weighted by atomic mass is 32.1. The summed E-state index contributed by atoms with van der Waals surface area (Å²) in [5.74, 6) is 0. The van der Waals surface area contributed by atoms with E-state index < -0.39 is 11.7 Å². The average Bonchev–Trinajstić information content (AvgIpc) is 2.93. The highest BCUT2D eigenvalue weighted by Crippen LogP contribution is 2.31. The maximum absolute atomic E-state index is 12.2. The number of carbonyl (C=O) groups excluding carboxylic acids is 1. The quantitative estimate of drug-likeness (QED) is 0.919. The van der Waals surface area contributed by atoms with Crippen molar-refractivity contribution in [1.82, 2.24) is 9.78 Å². The van der Waals surface area contributed by atoms with Gasteiger partial charge in [0.15, 0.2) is 0 Å². The van der Waals surface area contributed by atoms with Crippen LogP contribution in [0.4, 0.5) is 10.5 Å². The largest absolute Gasteiger partial charge is 0.442 e. The fourth-order valence-electron chi connectivity index (χ4n) is 1.86. The maximum atomic E-state index is 12.2. The zero-order valence-corrected chi connectivity index (χ0v) is 13.0. The lowest BCUT2D eigenvalue weighted by molar-refractivity contribution is 0.0510. The molecule has 0 bridgehead atoms. The second-order valence-corrected chi connectivity index (χ2v) is 6.38. The van der Waals surface area contributed by atoms with Crippen molar-refractivity contribution in [2.24, 2.45) is 0 Å². The van der Waals surface area contributed by atoms with E-state index in [1.165, 1.54) is 16.0 Å². The number of thiophene rings is 1. The van der Waals surface area contributed by atoms with Crippen molar-refractivity contribution >= 4 is 23.1 Å². The van der Waals surface area contributed by atoms with Gasteiger partial charge in [-0.25, -0.2) is 4.79 Å². The van der Waals surface area contributed by atoms with E-state index in [2.05, 4.69) is 5.10 Å². The topological polar surface area (TPSA) is 70.1 Å². The molecule has 0 unspecified atom stereocenters. The minimum Gasteiger partial charge on any atom is -0.442 e. The molecule has 6 heteroatoms. The molecular weight excluding hydrogens is 274 g/mol. The molecule has 0 aliphatic rings. The Labute approximate surface area is 122 Å². The number of hydrogen-bond donors (Lipinski definition) is 1. The molecule has 0 aliphatic heterocycles. The van der Waals surface area contributed by atoms with E-state index in [-0.39, 0.29) is 0 Å². The number of hydrogen-bond acceptors (Lipinski definition) is 5. The third-order valence-electron chi connectivity index (χ3n) is 2.68. The van der Waals surface area contributed by atoms with Gasteiger partial charge in [-0.2, -0.15) is 9.78 Å². The molecular formula is C14H19N3O2S. The molecule has 0 radical (unpaired) electrons. The Balaban J connectivity index is 2.44. The van der Waals surface area contributed by atoms with Crippen LogP contribution < -0.4 is 5.73 Å². The summed E-state index contributed by atoms with van der Waals surface area (Å²) in [6, 6.07) is 3.86. The van der Waals surface area contributed by atoms with Crippen LogP contribution in [0.1, 0.15) is 33.4 Å². The highest BCUT2D eigenvalue weighted by Gasteiger charge is 2.24. The maximum Gasteiger partial charge on any atom is 0.435 e. The Hall–Kier alpha value is -1.82. The fraction of sp³-hybridized carbons (Fsp3) is 0.429. The highest BCUT2D eigenvalue weighted by molar-refractivity contribution is 7.13. The summed E-state index contributed by atoms with van der Waals surface area (Å²) >= 11 is 1.54. The van der Waals surface area contributed by atoms with Crippen LogP contribution in [-0.4, -0.2) is 21.5 Å². The van der Waals surface area contributed by atoms with Gasteiger partial charge in [0.25, 0.3) is 0 Å². The second kappa shape index (κ2) is 5.28. The molecule has 0 fully saturated rings. The molecule has 0 saturated heterocycles. The van der Waals surface area contributed by atoms with Gasteiger partial charge in [0, 0.05) is 0 Å². The SMILES string of the molecule is CCc1c(N)c(-c2cccs2)nn1C(=O)OC(C)(C)C. The molecule has 2 heterocycles. The first-order valence-corrected chi connectivity index (χ1v) is 7.36. The zero-order chi connectivity index (χ0) is 14.9. The molecule has 0 aliphatic carbocycles. The average molecular weight is 293 g/mol. The van der Waals surface area contributed by atoms with Crippen LogP contribution >= 0.6 is 11.3 Å². The Kier molecular flexibility index (Phi) is 3.85. The summed E-state index contributed by atoms with van der Waals surface area (Å²) in [4.78, 5) is 13.1. The van der Waals surface area contributed by atoms with E-state index >= 15 is 0 Å². The molecule has 2 aromatic rings. The minimum absolute atomic E-state index is 0.496. The summed E-state index contributed by atoms with van der Waals surface area (Å²) in [5.41, 5.74) is 7.43. The number of ether oxygens (including phenoxy) is 1. The third kappa shape index (κ3) is 2.85. The molecule has 108 valence electrons. The Morgan fingerprint density at radius 1 is 1.50 bits per heavy atom. The molecule has 2 N–H and O–H groups in total. The van der Waals surface area contributed by atoms with E-state index in [9.17, 15) is 4.79 Å². The van der Waals surface area contributed by atoms with Crippen molar-refractivity contribution in [3.63, 3.8) is 0 Å². The van der Waals surface area contributed by atoms with Gasteiger partial charge < -0.3 is 10.5 Å². The molecule has 2 aromatic heterocycles.